The van der Waals surface area contributed by atoms with Crippen molar-refractivity contribution >= 4 is 0 Å². The predicted molar refractivity (Wildman–Crippen MR) is 61.3 cm³/mol. The van der Waals surface area contributed by atoms with Crippen LogP contribution in [0, 0.1) is 0 Å². The molecule has 1 rings (SSSR count). The molecule has 0 radical (unpaired) electrons. The smallest absolute Gasteiger partial charge is 0.252 e. The Morgan fingerprint density at radius 2 is 2.18 bits per heavy atom. The van der Waals surface area contributed by atoms with E-state index in [2.05, 4.69) is 10.1 Å². The maximum absolute atomic E-state index is 5.90. The number of hydrogen-bond donors (Lipinski definition) is 1. The molecule has 0 amide bonds. The largest absolute Gasteiger partial charge is 0.382 e. The fourth-order valence-corrected chi connectivity index (χ4v) is 1.25. The lowest BCUT2D eigenvalue weighted by atomic mass is 10.3. The number of aromatic nitrogens is 2. The summed E-state index contributed by atoms with van der Waals surface area (Å²) in [7, 11) is 5.50. The molecule has 7 heteroatoms. The van der Waals surface area contributed by atoms with E-state index < -0.39 is 0 Å². The Bertz CT molecular complexity index is 316. The lowest BCUT2D eigenvalue weighted by Gasteiger charge is -2.12. The van der Waals surface area contributed by atoms with Crippen LogP contribution in [0.25, 0.3) is 0 Å². The van der Waals surface area contributed by atoms with Gasteiger partial charge in [-0.05, 0) is 14.1 Å². The van der Waals surface area contributed by atoms with E-state index in [4.69, 9.17) is 19.7 Å². The van der Waals surface area contributed by atoms with Gasteiger partial charge in [-0.15, -0.1) is 0 Å². The van der Waals surface area contributed by atoms with Gasteiger partial charge in [-0.1, -0.05) is 5.16 Å². The fourth-order valence-electron chi connectivity index (χ4n) is 1.25. The van der Waals surface area contributed by atoms with E-state index in [9.17, 15) is 0 Å². The van der Waals surface area contributed by atoms with Gasteiger partial charge in [-0.25, -0.2) is 0 Å². The number of nitrogens with zero attached hydrogens (tertiary/aromatic N) is 3. The average molecular weight is 244 g/mol. The summed E-state index contributed by atoms with van der Waals surface area (Å²) in [6.07, 6.45) is 0. The summed E-state index contributed by atoms with van der Waals surface area (Å²) >= 11 is 0. The third-order valence-corrected chi connectivity index (χ3v) is 2.03. The van der Waals surface area contributed by atoms with E-state index in [0.717, 1.165) is 0 Å². The van der Waals surface area contributed by atoms with Crippen molar-refractivity contribution in [2.45, 2.75) is 12.6 Å². The van der Waals surface area contributed by atoms with Crippen LogP contribution in [0.4, 0.5) is 0 Å². The first kappa shape index (κ1) is 14.0. The van der Waals surface area contributed by atoms with E-state index in [1.807, 2.05) is 19.0 Å². The van der Waals surface area contributed by atoms with Crippen molar-refractivity contribution in [3.63, 3.8) is 0 Å². The molecule has 1 aromatic rings. The van der Waals surface area contributed by atoms with Crippen LogP contribution in [0.15, 0.2) is 4.52 Å². The first-order chi connectivity index (χ1) is 8.13. The molecule has 98 valence electrons. The molecular weight excluding hydrogens is 224 g/mol. The van der Waals surface area contributed by atoms with Crippen molar-refractivity contribution in [2.24, 2.45) is 5.73 Å². The molecule has 0 saturated heterocycles. The Labute approximate surface area is 101 Å². The molecule has 0 spiro atoms. The van der Waals surface area contributed by atoms with Gasteiger partial charge in [0.05, 0.1) is 19.3 Å². The second-order valence-corrected chi connectivity index (χ2v) is 3.96. The van der Waals surface area contributed by atoms with Crippen molar-refractivity contribution in [3.05, 3.63) is 11.7 Å². The molecule has 0 aliphatic heterocycles. The molecule has 1 unspecified atom stereocenters. The van der Waals surface area contributed by atoms with Gasteiger partial charge in [0.2, 0.25) is 0 Å². The monoisotopic (exact) mass is 244 g/mol. The summed E-state index contributed by atoms with van der Waals surface area (Å²) in [5, 5.41) is 3.82. The van der Waals surface area contributed by atoms with Crippen molar-refractivity contribution in [3.8, 4) is 0 Å². The summed E-state index contributed by atoms with van der Waals surface area (Å²) < 4.78 is 15.1. The average Bonchev–Trinajstić information content (AvgIpc) is 2.72. The summed E-state index contributed by atoms with van der Waals surface area (Å²) in [5.74, 6) is 0.939. The predicted octanol–water partition coefficient (Wildman–Crippen LogP) is -0.206. The Morgan fingerprint density at radius 3 is 2.82 bits per heavy atom. The minimum atomic E-state index is -0.249. The number of hydrogen-bond acceptors (Lipinski definition) is 7. The molecule has 1 aromatic heterocycles. The van der Waals surface area contributed by atoms with Crippen LogP contribution in [0.3, 0.4) is 0 Å². The second-order valence-electron chi connectivity index (χ2n) is 3.96. The number of likely N-dealkylation sites (N-methyl/N-ethyl adjacent to an activating group) is 1. The number of nitrogens with two attached hydrogens (primary N) is 1. The summed E-state index contributed by atoms with van der Waals surface area (Å²) in [6, 6.07) is -0.249. The molecule has 0 aliphatic carbocycles. The fraction of sp³-hybridized carbons (Fsp3) is 0.800. The highest BCUT2D eigenvalue weighted by Gasteiger charge is 2.14. The molecule has 0 aliphatic rings. The molecule has 1 atom stereocenters. The molecule has 0 aromatic carbocycles. The van der Waals surface area contributed by atoms with Gasteiger partial charge in [-0.2, -0.15) is 4.98 Å². The summed E-state index contributed by atoms with van der Waals surface area (Å²) in [5.41, 5.74) is 5.90. The van der Waals surface area contributed by atoms with Crippen molar-refractivity contribution in [1.82, 2.24) is 15.0 Å². The van der Waals surface area contributed by atoms with Crippen LogP contribution >= 0.6 is 0 Å². The zero-order valence-electron chi connectivity index (χ0n) is 10.5. The van der Waals surface area contributed by atoms with Gasteiger partial charge in [-0.3, -0.25) is 0 Å². The molecule has 17 heavy (non-hydrogen) atoms. The van der Waals surface area contributed by atoms with Gasteiger partial charge in [0.25, 0.3) is 5.89 Å². The molecule has 0 saturated carbocycles. The Balaban J connectivity index is 2.36. The maximum Gasteiger partial charge on any atom is 0.252 e. The van der Waals surface area contributed by atoms with E-state index in [1.54, 1.807) is 7.11 Å². The minimum absolute atomic E-state index is 0.249. The molecule has 2 N–H and O–H groups in total. The van der Waals surface area contributed by atoms with E-state index in [-0.39, 0.29) is 12.6 Å². The second kappa shape index (κ2) is 7.33. The van der Waals surface area contributed by atoms with Gasteiger partial charge in [0, 0.05) is 13.7 Å². The maximum atomic E-state index is 5.90. The van der Waals surface area contributed by atoms with Crippen LogP contribution in [0.2, 0.25) is 0 Å². The van der Waals surface area contributed by atoms with E-state index in [0.29, 0.717) is 31.5 Å². The molecular formula is C10H20N4O3. The first-order valence-corrected chi connectivity index (χ1v) is 5.43. The van der Waals surface area contributed by atoms with Crippen LogP contribution in [0.5, 0.6) is 0 Å². The van der Waals surface area contributed by atoms with E-state index in [1.165, 1.54) is 0 Å². The lowest BCUT2D eigenvalue weighted by Crippen LogP contribution is -2.26. The summed E-state index contributed by atoms with van der Waals surface area (Å²) in [4.78, 5) is 6.13. The van der Waals surface area contributed by atoms with Crippen molar-refractivity contribution < 1.29 is 14.0 Å². The highest BCUT2D eigenvalue weighted by atomic mass is 16.5. The van der Waals surface area contributed by atoms with Crippen LogP contribution in [-0.2, 0) is 16.1 Å². The van der Waals surface area contributed by atoms with Gasteiger partial charge >= 0.3 is 0 Å². The lowest BCUT2D eigenvalue weighted by molar-refractivity contribution is 0.0494. The Kier molecular flexibility index (Phi) is 6.06. The quantitative estimate of drug-likeness (QED) is 0.633. The normalized spacial score (nSPS) is 13.2. The van der Waals surface area contributed by atoms with Crippen molar-refractivity contribution in [2.75, 3.05) is 41.0 Å². The van der Waals surface area contributed by atoms with E-state index >= 15 is 0 Å². The van der Waals surface area contributed by atoms with Crippen LogP contribution in [0.1, 0.15) is 17.8 Å². The zero-order valence-corrected chi connectivity index (χ0v) is 10.5. The third-order valence-electron chi connectivity index (χ3n) is 2.03. The molecule has 1 heterocycles. The first-order valence-electron chi connectivity index (χ1n) is 5.43. The zero-order chi connectivity index (χ0) is 12.7. The SMILES string of the molecule is COCCOCc1nc(C(N)CN(C)C)no1. The third kappa shape index (κ3) is 5.22. The minimum Gasteiger partial charge on any atom is -0.382 e. The highest BCUT2D eigenvalue weighted by Crippen LogP contribution is 2.07. The summed E-state index contributed by atoms with van der Waals surface area (Å²) in [6.45, 7) is 1.99. The van der Waals surface area contributed by atoms with Crippen LogP contribution in [-0.4, -0.2) is 56.0 Å². The molecule has 0 bridgehead atoms. The Morgan fingerprint density at radius 1 is 1.41 bits per heavy atom. The number of methoxy groups -OCH3 is 1. The number of rotatable bonds is 8. The molecule has 7 nitrogen and oxygen atoms in total. The number of ether oxygens (including phenoxy) is 2. The topological polar surface area (TPSA) is 86.6 Å². The van der Waals surface area contributed by atoms with Gasteiger partial charge in [0.15, 0.2) is 5.82 Å². The van der Waals surface area contributed by atoms with Crippen LogP contribution < -0.4 is 5.73 Å². The van der Waals surface area contributed by atoms with Crippen molar-refractivity contribution in [1.29, 1.82) is 0 Å². The standard InChI is InChI=1S/C10H20N4O3/c1-14(2)6-8(11)10-12-9(17-13-10)7-16-5-4-15-3/h8H,4-7,11H2,1-3H3. The van der Waals surface area contributed by atoms with Gasteiger partial charge < -0.3 is 24.6 Å². The van der Waals surface area contributed by atoms with Gasteiger partial charge in [0.1, 0.15) is 6.61 Å². The highest BCUT2D eigenvalue weighted by molar-refractivity contribution is 4.93. The Hall–Kier alpha value is -1.02. The molecule has 0 fully saturated rings.